The van der Waals surface area contributed by atoms with Gasteiger partial charge in [0.05, 0.1) is 7.11 Å². The van der Waals surface area contributed by atoms with Crippen LogP contribution in [-0.4, -0.2) is 13.7 Å². The van der Waals surface area contributed by atoms with Crippen molar-refractivity contribution in [1.29, 1.82) is 0 Å². The molecule has 21 heavy (non-hydrogen) atoms. The first-order chi connectivity index (χ1) is 10.2. The zero-order valence-corrected chi connectivity index (χ0v) is 13.2. The van der Waals surface area contributed by atoms with Gasteiger partial charge in [-0.05, 0) is 49.1 Å². The zero-order valence-electron chi connectivity index (χ0n) is 13.2. The Hall–Kier alpha value is -1.80. The molecule has 0 amide bonds. The standard InChI is InChI=1S/C19H25NO/c1-4-12-20-18(13-16-8-6-5-7-9-16)17-11-10-15(2)19(14-17)21-3/h5-11,14,18,20H,4,12-13H2,1-3H3. The molecule has 1 N–H and O–H groups in total. The fourth-order valence-corrected chi connectivity index (χ4v) is 2.53. The third-order valence-electron chi connectivity index (χ3n) is 3.76. The Bertz CT molecular complexity index is 551. The van der Waals surface area contributed by atoms with Crippen molar-refractivity contribution in [2.45, 2.75) is 32.7 Å². The molecule has 0 saturated heterocycles. The lowest BCUT2D eigenvalue weighted by atomic mass is 9.97. The quantitative estimate of drug-likeness (QED) is 0.818. The first-order valence-corrected chi connectivity index (χ1v) is 7.66. The monoisotopic (exact) mass is 283 g/mol. The Kier molecular flexibility index (Phi) is 5.82. The molecule has 2 aromatic carbocycles. The summed E-state index contributed by atoms with van der Waals surface area (Å²) in [7, 11) is 1.73. The first-order valence-electron chi connectivity index (χ1n) is 7.66. The molecule has 112 valence electrons. The van der Waals surface area contributed by atoms with Crippen molar-refractivity contribution in [3.05, 3.63) is 65.2 Å². The number of ether oxygens (including phenoxy) is 1. The Morgan fingerprint density at radius 1 is 1.10 bits per heavy atom. The normalized spacial score (nSPS) is 12.1. The molecule has 0 aliphatic rings. The van der Waals surface area contributed by atoms with Crippen LogP contribution in [0.25, 0.3) is 0 Å². The highest BCUT2D eigenvalue weighted by Gasteiger charge is 2.13. The van der Waals surface area contributed by atoms with Crippen LogP contribution in [0.2, 0.25) is 0 Å². The van der Waals surface area contributed by atoms with E-state index in [-0.39, 0.29) is 0 Å². The third kappa shape index (κ3) is 4.33. The minimum atomic E-state index is 0.321. The fraction of sp³-hybridized carbons (Fsp3) is 0.368. The largest absolute Gasteiger partial charge is 0.496 e. The van der Waals surface area contributed by atoms with E-state index in [0.717, 1.165) is 25.1 Å². The summed E-state index contributed by atoms with van der Waals surface area (Å²) < 4.78 is 5.46. The van der Waals surface area contributed by atoms with Crippen LogP contribution < -0.4 is 10.1 Å². The van der Waals surface area contributed by atoms with Gasteiger partial charge in [-0.2, -0.15) is 0 Å². The molecule has 1 unspecified atom stereocenters. The Balaban J connectivity index is 2.22. The maximum atomic E-state index is 5.46. The van der Waals surface area contributed by atoms with E-state index in [0.29, 0.717) is 6.04 Å². The SMILES string of the molecule is CCCNC(Cc1ccccc1)c1ccc(C)c(OC)c1. The number of hydrogen-bond acceptors (Lipinski definition) is 2. The van der Waals surface area contributed by atoms with E-state index in [1.807, 2.05) is 0 Å². The minimum Gasteiger partial charge on any atom is -0.496 e. The predicted octanol–water partition coefficient (Wildman–Crippen LogP) is 4.29. The number of rotatable bonds is 7. The third-order valence-corrected chi connectivity index (χ3v) is 3.76. The highest BCUT2D eigenvalue weighted by atomic mass is 16.5. The highest BCUT2D eigenvalue weighted by molar-refractivity contribution is 5.38. The van der Waals surface area contributed by atoms with E-state index >= 15 is 0 Å². The van der Waals surface area contributed by atoms with Gasteiger partial charge in [-0.1, -0.05) is 49.4 Å². The van der Waals surface area contributed by atoms with Gasteiger partial charge in [-0.3, -0.25) is 0 Å². The van der Waals surface area contributed by atoms with Crippen LogP contribution in [-0.2, 0) is 6.42 Å². The van der Waals surface area contributed by atoms with Crippen LogP contribution in [0, 0.1) is 6.92 Å². The Morgan fingerprint density at radius 3 is 2.52 bits per heavy atom. The van der Waals surface area contributed by atoms with Crippen molar-refractivity contribution in [1.82, 2.24) is 5.32 Å². The first kappa shape index (κ1) is 15.6. The van der Waals surface area contributed by atoms with Crippen LogP contribution in [0.5, 0.6) is 5.75 Å². The van der Waals surface area contributed by atoms with Crippen molar-refractivity contribution in [3.8, 4) is 5.75 Å². The molecule has 0 saturated carbocycles. The summed E-state index contributed by atoms with van der Waals surface area (Å²) in [6.07, 6.45) is 2.13. The molecular formula is C19H25NO. The van der Waals surface area contributed by atoms with E-state index in [9.17, 15) is 0 Å². The molecule has 0 radical (unpaired) electrons. The molecule has 2 rings (SSSR count). The van der Waals surface area contributed by atoms with E-state index in [1.54, 1.807) is 7.11 Å². The van der Waals surface area contributed by atoms with E-state index < -0.39 is 0 Å². The van der Waals surface area contributed by atoms with Crippen molar-refractivity contribution in [2.75, 3.05) is 13.7 Å². The van der Waals surface area contributed by atoms with Gasteiger partial charge in [0.15, 0.2) is 0 Å². The number of benzene rings is 2. The average molecular weight is 283 g/mol. The average Bonchev–Trinajstić information content (AvgIpc) is 2.53. The molecule has 2 aromatic rings. The molecule has 0 aliphatic heterocycles. The summed E-state index contributed by atoms with van der Waals surface area (Å²) >= 11 is 0. The van der Waals surface area contributed by atoms with Crippen LogP contribution in [0.3, 0.4) is 0 Å². The van der Waals surface area contributed by atoms with Gasteiger partial charge in [-0.25, -0.2) is 0 Å². The fourth-order valence-electron chi connectivity index (χ4n) is 2.53. The highest BCUT2D eigenvalue weighted by Crippen LogP contribution is 2.25. The van der Waals surface area contributed by atoms with Gasteiger partial charge in [-0.15, -0.1) is 0 Å². The maximum absolute atomic E-state index is 5.46. The smallest absolute Gasteiger partial charge is 0.122 e. The van der Waals surface area contributed by atoms with Crippen LogP contribution in [0.15, 0.2) is 48.5 Å². The van der Waals surface area contributed by atoms with Crippen LogP contribution in [0.4, 0.5) is 0 Å². The van der Waals surface area contributed by atoms with Crippen molar-refractivity contribution >= 4 is 0 Å². The van der Waals surface area contributed by atoms with Crippen LogP contribution >= 0.6 is 0 Å². The molecule has 1 atom stereocenters. The van der Waals surface area contributed by atoms with E-state index in [4.69, 9.17) is 4.74 Å². The summed E-state index contributed by atoms with van der Waals surface area (Å²) in [4.78, 5) is 0. The Labute approximate surface area is 128 Å². The number of methoxy groups -OCH3 is 1. The summed E-state index contributed by atoms with van der Waals surface area (Å²) in [6, 6.07) is 17.5. The number of hydrogen-bond donors (Lipinski definition) is 1. The maximum Gasteiger partial charge on any atom is 0.122 e. The topological polar surface area (TPSA) is 21.3 Å². The molecule has 0 heterocycles. The zero-order chi connectivity index (χ0) is 15.1. The molecule has 0 aromatic heterocycles. The van der Waals surface area contributed by atoms with Crippen molar-refractivity contribution < 1.29 is 4.74 Å². The lowest BCUT2D eigenvalue weighted by Crippen LogP contribution is -2.24. The Morgan fingerprint density at radius 2 is 1.86 bits per heavy atom. The molecule has 0 fully saturated rings. The lowest BCUT2D eigenvalue weighted by molar-refractivity contribution is 0.409. The summed E-state index contributed by atoms with van der Waals surface area (Å²) in [5.74, 6) is 0.962. The van der Waals surface area contributed by atoms with Gasteiger partial charge in [0.2, 0.25) is 0 Å². The molecular weight excluding hydrogens is 258 g/mol. The van der Waals surface area contributed by atoms with E-state index in [2.05, 4.69) is 67.7 Å². The van der Waals surface area contributed by atoms with Crippen LogP contribution in [0.1, 0.15) is 36.1 Å². The summed E-state index contributed by atoms with van der Waals surface area (Å²) in [5, 5.41) is 3.65. The minimum absolute atomic E-state index is 0.321. The molecule has 2 heteroatoms. The van der Waals surface area contributed by atoms with Gasteiger partial charge in [0.1, 0.15) is 5.75 Å². The van der Waals surface area contributed by atoms with Gasteiger partial charge < -0.3 is 10.1 Å². The predicted molar refractivity (Wildman–Crippen MR) is 88.9 cm³/mol. The molecule has 0 aliphatic carbocycles. The van der Waals surface area contributed by atoms with Gasteiger partial charge >= 0.3 is 0 Å². The summed E-state index contributed by atoms with van der Waals surface area (Å²) in [6.45, 7) is 5.30. The lowest BCUT2D eigenvalue weighted by Gasteiger charge is -2.20. The van der Waals surface area contributed by atoms with Crippen molar-refractivity contribution in [2.24, 2.45) is 0 Å². The number of aryl methyl sites for hydroxylation is 1. The second kappa shape index (κ2) is 7.84. The second-order valence-electron chi connectivity index (χ2n) is 5.43. The van der Waals surface area contributed by atoms with E-state index in [1.165, 1.54) is 16.7 Å². The molecule has 0 bridgehead atoms. The van der Waals surface area contributed by atoms with Gasteiger partial charge in [0, 0.05) is 6.04 Å². The molecule has 0 spiro atoms. The second-order valence-corrected chi connectivity index (χ2v) is 5.43. The van der Waals surface area contributed by atoms with Crippen molar-refractivity contribution in [3.63, 3.8) is 0 Å². The summed E-state index contributed by atoms with van der Waals surface area (Å²) in [5.41, 5.74) is 3.82. The number of nitrogens with one attached hydrogen (secondary N) is 1. The van der Waals surface area contributed by atoms with Gasteiger partial charge in [0.25, 0.3) is 0 Å². The molecule has 2 nitrogen and oxygen atoms in total.